The van der Waals surface area contributed by atoms with Gasteiger partial charge < -0.3 is 4.74 Å². The highest BCUT2D eigenvalue weighted by atomic mass is 16.5. The highest BCUT2D eigenvalue weighted by Crippen LogP contribution is 2.28. The minimum absolute atomic E-state index is 0.287. The summed E-state index contributed by atoms with van der Waals surface area (Å²) in [5.74, 6) is 1.64. The molecule has 1 aromatic rings. The highest BCUT2D eigenvalue weighted by molar-refractivity contribution is 6.00. The summed E-state index contributed by atoms with van der Waals surface area (Å²) in [4.78, 5) is 11.9. The molecule has 90 valence electrons. The van der Waals surface area contributed by atoms with E-state index in [2.05, 4.69) is 6.92 Å². The fraction of sp³-hybridized carbons (Fsp3) is 0.400. The number of ether oxygens (including phenoxy) is 1. The summed E-state index contributed by atoms with van der Waals surface area (Å²) in [6.45, 7) is 2.14. The molecule has 1 atom stereocenters. The van der Waals surface area contributed by atoms with Crippen molar-refractivity contribution in [2.75, 3.05) is 7.11 Å². The third-order valence-corrected chi connectivity index (χ3v) is 3.27. The van der Waals surface area contributed by atoms with Crippen molar-refractivity contribution in [2.24, 2.45) is 5.92 Å². The first-order valence-corrected chi connectivity index (χ1v) is 6.07. The summed E-state index contributed by atoms with van der Waals surface area (Å²) in [5, 5.41) is 0. The van der Waals surface area contributed by atoms with E-state index in [-0.39, 0.29) is 5.78 Å². The molecule has 1 aromatic carbocycles. The third-order valence-electron chi connectivity index (χ3n) is 3.27. The van der Waals surface area contributed by atoms with Gasteiger partial charge in [0.15, 0.2) is 5.78 Å². The number of hydrogen-bond acceptors (Lipinski definition) is 2. The van der Waals surface area contributed by atoms with Gasteiger partial charge in [-0.1, -0.05) is 25.1 Å². The molecule has 0 radical (unpaired) electrons. The second-order valence-corrected chi connectivity index (χ2v) is 4.68. The molecular formula is C15H18O2. The van der Waals surface area contributed by atoms with Gasteiger partial charge >= 0.3 is 0 Å². The van der Waals surface area contributed by atoms with Crippen molar-refractivity contribution in [1.29, 1.82) is 0 Å². The van der Waals surface area contributed by atoms with E-state index in [9.17, 15) is 4.79 Å². The Labute approximate surface area is 102 Å². The zero-order valence-corrected chi connectivity index (χ0v) is 10.4. The molecule has 0 spiro atoms. The van der Waals surface area contributed by atoms with Crippen LogP contribution in [0.5, 0.6) is 5.75 Å². The lowest BCUT2D eigenvalue weighted by atomic mass is 9.85. The van der Waals surface area contributed by atoms with Crippen molar-refractivity contribution in [2.45, 2.75) is 26.2 Å². The Morgan fingerprint density at radius 1 is 1.35 bits per heavy atom. The number of methoxy groups -OCH3 is 1. The van der Waals surface area contributed by atoms with Crippen LogP contribution in [0.25, 0.3) is 6.08 Å². The fourth-order valence-electron chi connectivity index (χ4n) is 2.22. The maximum Gasteiger partial charge on any atom is 0.159 e. The van der Waals surface area contributed by atoms with Crippen molar-refractivity contribution in [3.8, 4) is 5.75 Å². The molecule has 17 heavy (non-hydrogen) atoms. The van der Waals surface area contributed by atoms with Gasteiger partial charge in [-0.3, -0.25) is 4.79 Å². The summed E-state index contributed by atoms with van der Waals surface area (Å²) >= 11 is 0. The fourth-order valence-corrected chi connectivity index (χ4v) is 2.22. The number of ketones is 1. The topological polar surface area (TPSA) is 26.3 Å². The molecule has 0 heterocycles. The Hall–Kier alpha value is -1.57. The first kappa shape index (κ1) is 11.9. The summed E-state index contributed by atoms with van der Waals surface area (Å²) in [6.07, 6.45) is 4.65. The van der Waals surface area contributed by atoms with Crippen LogP contribution in [0.15, 0.2) is 29.8 Å². The summed E-state index contributed by atoms with van der Waals surface area (Å²) < 4.78 is 5.29. The second kappa shape index (κ2) is 5.17. The van der Waals surface area contributed by atoms with Crippen molar-refractivity contribution >= 4 is 11.9 Å². The first-order chi connectivity index (χ1) is 8.20. The number of carbonyl (C=O) groups is 1. The first-order valence-electron chi connectivity index (χ1n) is 6.07. The van der Waals surface area contributed by atoms with E-state index in [1.807, 2.05) is 30.3 Å². The van der Waals surface area contributed by atoms with Gasteiger partial charge in [0.1, 0.15) is 5.75 Å². The normalized spacial score (nSPS) is 22.8. The van der Waals surface area contributed by atoms with E-state index in [1.54, 1.807) is 7.11 Å². The molecule has 1 aliphatic rings. The van der Waals surface area contributed by atoms with Crippen molar-refractivity contribution in [1.82, 2.24) is 0 Å². The molecule has 2 nitrogen and oxygen atoms in total. The Kier molecular flexibility index (Phi) is 3.62. The van der Waals surface area contributed by atoms with Gasteiger partial charge in [-0.25, -0.2) is 0 Å². The van der Waals surface area contributed by atoms with Gasteiger partial charge in [0.25, 0.3) is 0 Å². The molecule has 0 aliphatic heterocycles. The predicted molar refractivity (Wildman–Crippen MR) is 69.0 cm³/mol. The van der Waals surface area contributed by atoms with E-state index in [0.29, 0.717) is 12.3 Å². The monoisotopic (exact) mass is 230 g/mol. The molecule has 0 aromatic heterocycles. The van der Waals surface area contributed by atoms with Crippen LogP contribution in [0, 0.1) is 5.92 Å². The van der Waals surface area contributed by atoms with Crippen LogP contribution in [0.2, 0.25) is 0 Å². The van der Waals surface area contributed by atoms with Crippen LogP contribution >= 0.6 is 0 Å². The maximum absolute atomic E-state index is 11.9. The molecule has 1 saturated carbocycles. The molecule has 0 saturated heterocycles. The number of para-hydroxylation sites is 1. The lowest BCUT2D eigenvalue weighted by Crippen LogP contribution is -2.15. The predicted octanol–water partition coefficient (Wildman–Crippen LogP) is 3.47. The molecule has 0 amide bonds. The number of hydrogen-bond donors (Lipinski definition) is 0. The van der Waals surface area contributed by atoms with Crippen molar-refractivity contribution in [3.63, 3.8) is 0 Å². The van der Waals surface area contributed by atoms with Crippen LogP contribution in [0.4, 0.5) is 0 Å². The van der Waals surface area contributed by atoms with Gasteiger partial charge in [-0.2, -0.15) is 0 Å². The molecule has 1 aliphatic carbocycles. The van der Waals surface area contributed by atoms with E-state index in [4.69, 9.17) is 4.74 Å². The molecule has 2 heteroatoms. The number of benzene rings is 1. The van der Waals surface area contributed by atoms with Crippen LogP contribution < -0.4 is 4.74 Å². The zero-order chi connectivity index (χ0) is 12.3. The van der Waals surface area contributed by atoms with Crippen LogP contribution in [0.3, 0.4) is 0 Å². The maximum atomic E-state index is 11.9. The quantitative estimate of drug-likeness (QED) is 0.727. The molecule has 0 bridgehead atoms. The Morgan fingerprint density at radius 2 is 2.12 bits per heavy atom. The SMILES string of the molecule is COc1ccccc1/C=C1/CCC(C)CC1=O. The van der Waals surface area contributed by atoms with Crippen LogP contribution in [0.1, 0.15) is 31.7 Å². The van der Waals surface area contributed by atoms with Gasteiger partial charge in [0.2, 0.25) is 0 Å². The minimum Gasteiger partial charge on any atom is -0.496 e. The summed E-state index contributed by atoms with van der Waals surface area (Å²) in [7, 11) is 1.65. The zero-order valence-electron chi connectivity index (χ0n) is 10.4. The highest BCUT2D eigenvalue weighted by Gasteiger charge is 2.20. The van der Waals surface area contributed by atoms with Crippen molar-refractivity contribution in [3.05, 3.63) is 35.4 Å². The molecular weight excluding hydrogens is 212 g/mol. The lowest BCUT2D eigenvalue weighted by Gasteiger charge is -2.19. The third kappa shape index (κ3) is 2.76. The van der Waals surface area contributed by atoms with Gasteiger partial charge in [-0.05, 0) is 36.5 Å². The van der Waals surface area contributed by atoms with Crippen molar-refractivity contribution < 1.29 is 9.53 Å². The Morgan fingerprint density at radius 3 is 2.82 bits per heavy atom. The smallest absolute Gasteiger partial charge is 0.159 e. The number of rotatable bonds is 2. The average Bonchev–Trinajstić information content (AvgIpc) is 2.33. The molecule has 1 fully saturated rings. The van der Waals surface area contributed by atoms with Gasteiger partial charge in [0.05, 0.1) is 7.11 Å². The van der Waals surface area contributed by atoms with E-state index in [0.717, 1.165) is 29.7 Å². The number of allylic oxidation sites excluding steroid dienone is 1. The molecule has 2 rings (SSSR count). The van der Waals surface area contributed by atoms with Crippen LogP contribution in [-0.4, -0.2) is 12.9 Å². The molecule has 0 N–H and O–H groups in total. The minimum atomic E-state index is 0.287. The Bertz CT molecular complexity index is 446. The molecule has 1 unspecified atom stereocenters. The van der Waals surface area contributed by atoms with E-state index >= 15 is 0 Å². The number of Topliss-reactive ketones (excluding diaryl/α,β-unsaturated/α-hetero) is 1. The van der Waals surface area contributed by atoms with Gasteiger partial charge in [0, 0.05) is 12.0 Å². The number of carbonyl (C=O) groups excluding carboxylic acids is 1. The summed E-state index contributed by atoms with van der Waals surface area (Å²) in [5.41, 5.74) is 1.93. The standard InChI is InChI=1S/C15H18O2/c1-11-7-8-12(14(16)9-11)10-13-5-3-4-6-15(13)17-2/h3-6,10-11H,7-9H2,1-2H3/b12-10-. The largest absolute Gasteiger partial charge is 0.496 e. The second-order valence-electron chi connectivity index (χ2n) is 4.68. The lowest BCUT2D eigenvalue weighted by molar-refractivity contribution is -0.117. The van der Waals surface area contributed by atoms with Crippen LogP contribution in [-0.2, 0) is 4.79 Å². The van der Waals surface area contributed by atoms with E-state index in [1.165, 1.54) is 0 Å². The van der Waals surface area contributed by atoms with Gasteiger partial charge in [-0.15, -0.1) is 0 Å². The Balaban J connectivity index is 2.26. The van der Waals surface area contributed by atoms with E-state index < -0.39 is 0 Å². The average molecular weight is 230 g/mol. The summed E-state index contributed by atoms with van der Waals surface area (Å²) in [6, 6.07) is 7.80.